The topological polar surface area (TPSA) is 76.4 Å². The van der Waals surface area contributed by atoms with Crippen molar-refractivity contribution < 1.29 is 18.4 Å². The van der Waals surface area contributed by atoms with Gasteiger partial charge in [0.1, 0.15) is 18.4 Å². The number of alkyl halides is 2. The standard InChI is InChI=1S/C16H24F2N4O2/c1-16(2,6-14(23)21-4-3-11(17)9-21)20-8-15(24)22-10-12(18)5-13(22)7-19/h11-13,20H,3-6,8-10H2,1-2H3/t11?,12-,13?/m0/s1. The van der Waals surface area contributed by atoms with Crippen LogP contribution in [0.3, 0.4) is 0 Å². The molecule has 134 valence electrons. The maximum Gasteiger partial charge on any atom is 0.237 e. The van der Waals surface area contributed by atoms with E-state index in [9.17, 15) is 18.4 Å². The smallest absolute Gasteiger partial charge is 0.237 e. The Hall–Kier alpha value is -1.75. The molecule has 8 heteroatoms. The van der Waals surface area contributed by atoms with Gasteiger partial charge in [-0.25, -0.2) is 8.78 Å². The zero-order chi connectivity index (χ0) is 17.9. The molecule has 2 aliphatic heterocycles. The number of nitrogens with one attached hydrogen (secondary N) is 1. The van der Waals surface area contributed by atoms with E-state index in [4.69, 9.17) is 5.26 Å². The minimum absolute atomic E-state index is 0.0451. The van der Waals surface area contributed by atoms with Gasteiger partial charge >= 0.3 is 0 Å². The Balaban J connectivity index is 1.82. The lowest BCUT2D eigenvalue weighted by Crippen LogP contribution is -2.49. The predicted octanol–water partition coefficient (Wildman–Crippen LogP) is 0.778. The number of hydrogen-bond acceptors (Lipinski definition) is 4. The molecular formula is C16H24F2N4O2. The Bertz CT molecular complexity index is 535. The molecule has 0 spiro atoms. The average Bonchev–Trinajstić information content (AvgIpc) is 3.10. The van der Waals surface area contributed by atoms with Crippen LogP contribution < -0.4 is 5.32 Å². The summed E-state index contributed by atoms with van der Waals surface area (Å²) in [4.78, 5) is 27.1. The van der Waals surface area contributed by atoms with Gasteiger partial charge in [-0.15, -0.1) is 0 Å². The van der Waals surface area contributed by atoms with Crippen LogP contribution in [0, 0.1) is 11.3 Å². The molecule has 0 aromatic rings. The minimum Gasteiger partial charge on any atom is -0.340 e. The molecule has 0 aromatic heterocycles. The molecule has 2 saturated heterocycles. The number of nitriles is 1. The number of halogens is 2. The van der Waals surface area contributed by atoms with Crippen LogP contribution >= 0.6 is 0 Å². The van der Waals surface area contributed by atoms with Crippen LogP contribution in [0.25, 0.3) is 0 Å². The number of carbonyl (C=O) groups is 2. The molecule has 2 amide bonds. The molecule has 2 unspecified atom stereocenters. The van der Waals surface area contributed by atoms with Crippen molar-refractivity contribution in [3.8, 4) is 6.07 Å². The maximum absolute atomic E-state index is 13.4. The predicted molar refractivity (Wildman–Crippen MR) is 83.4 cm³/mol. The zero-order valence-corrected chi connectivity index (χ0v) is 14.1. The highest BCUT2D eigenvalue weighted by Crippen LogP contribution is 2.20. The quantitative estimate of drug-likeness (QED) is 0.801. The van der Waals surface area contributed by atoms with Crippen molar-refractivity contribution in [3.05, 3.63) is 0 Å². The first-order valence-electron chi connectivity index (χ1n) is 8.22. The molecule has 2 fully saturated rings. The van der Waals surface area contributed by atoms with Gasteiger partial charge in [0.15, 0.2) is 0 Å². The number of nitrogens with zero attached hydrogens (tertiary/aromatic N) is 3. The van der Waals surface area contributed by atoms with Crippen LogP contribution in [-0.4, -0.2) is 71.7 Å². The third kappa shape index (κ3) is 4.63. The number of likely N-dealkylation sites (tertiary alicyclic amines) is 2. The zero-order valence-electron chi connectivity index (χ0n) is 14.1. The summed E-state index contributed by atoms with van der Waals surface area (Å²) >= 11 is 0. The third-order valence-electron chi connectivity index (χ3n) is 4.51. The molecule has 3 atom stereocenters. The van der Waals surface area contributed by atoms with Gasteiger partial charge in [0.05, 0.1) is 25.7 Å². The number of amides is 2. The van der Waals surface area contributed by atoms with Crippen LogP contribution in [0.4, 0.5) is 8.78 Å². The van der Waals surface area contributed by atoms with E-state index in [1.165, 1.54) is 9.80 Å². The van der Waals surface area contributed by atoms with Crippen molar-refractivity contribution in [2.75, 3.05) is 26.2 Å². The first kappa shape index (κ1) is 18.6. The van der Waals surface area contributed by atoms with Crippen molar-refractivity contribution in [1.29, 1.82) is 5.26 Å². The fraction of sp³-hybridized carbons (Fsp3) is 0.812. The molecular weight excluding hydrogens is 318 g/mol. The van der Waals surface area contributed by atoms with Crippen molar-refractivity contribution in [2.45, 2.75) is 57.0 Å². The molecule has 0 bridgehead atoms. The fourth-order valence-electron chi connectivity index (χ4n) is 3.10. The largest absolute Gasteiger partial charge is 0.340 e. The molecule has 2 aliphatic rings. The Morgan fingerprint density at radius 3 is 2.54 bits per heavy atom. The van der Waals surface area contributed by atoms with E-state index in [0.717, 1.165) is 0 Å². The summed E-state index contributed by atoms with van der Waals surface area (Å²) in [6.45, 7) is 3.98. The Morgan fingerprint density at radius 1 is 1.25 bits per heavy atom. The number of carbonyl (C=O) groups excluding carboxylic acids is 2. The second-order valence-corrected chi connectivity index (χ2v) is 7.16. The Kier molecular flexibility index (Phi) is 5.75. The lowest BCUT2D eigenvalue weighted by molar-refractivity contribution is -0.133. The lowest BCUT2D eigenvalue weighted by atomic mass is 9.99. The van der Waals surface area contributed by atoms with Gasteiger partial charge in [-0.2, -0.15) is 5.26 Å². The van der Waals surface area contributed by atoms with Crippen LogP contribution in [0.1, 0.15) is 33.1 Å². The summed E-state index contributed by atoms with van der Waals surface area (Å²) in [5.74, 6) is -0.507. The third-order valence-corrected chi connectivity index (χ3v) is 4.51. The Morgan fingerprint density at radius 2 is 1.96 bits per heavy atom. The van der Waals surface area contributed by atoms with Crippen molar-refractivity contribution in [2.24, 2.45) is 0 Å². The van der Waals surface area contributed by atoms with E-state index in [1.807, 2.05) is 6.07 Å². The first-order chi connectivity index (χ1) is 11.2. The van der Waals surface area contributed by atoms with Gasteiger partial charge in [-0.1, -0.05) is 0 Å². The van der Waals surface area contributed by atoms with Crippen LogP contribution in [0.15, 0.2) is 0 Å². The summed E-state index contributed by atoms with van der Waals surface area (Å²) in [5, 5.41) is 12.0. The summed E-state index contributed by atoms with van der Waals surface area (Å²) in [7, 11) is 0. The first-order valence-corrected chi connectivity index (χ1v) is 8.22. The van der Waals surface area contributed by atoms with Crippen LogP contribution in [-0.2, 0) is 9.59 Å². The van der Waals surface area contributed by atoms with Crippen molar-refractivity contribution in [1.82, 2.24) is 15.1 Å². The number of hydrogen-bond donors (Lipinski definition) is 1. The van der Waals surface area contributed by atoms with E-state index in [2.05, 4.69) is 5.32 Å². The molecule has 0 saturated carbocycles. The van der Waals surface area contributed by atoms with Gasteiger partial charge in [0.2, 0.25) is 11.8 Å². The van der Waals surface area contributed by atoms with Gasteiger partial charge in [-0.3, -0.25) is 9.59 Å². The monoisotopic (exact) mass is 342 g/mol. The molecule has 0 radical (unpaired) electrons. The molecule has 2 heterocycles. The van der Waals surface area contributed by atoms with Crippen LogP contribution in [0.2, 0.25) is 0 Å². The summed E-state index contributed by atoms with van der Waals surface area (Å²) in [5.41, 5.74) is -0.655. The van der Waals surface area contributed by atoms with Crippen molar-refractivity contribution in [3.63, 3.8) is 0 Å². The van der Waals surface area contributed by atoms with Gasteiger partial charge < -0.3 is 15.1 Å². The fourth-order valence-corrected chi connectivity index (χ4v) is 3.10. The molecule has 0 aliphatic carbocycles. The highest BCUT2D eigenvalue weighted by Gasteiger charge is 2.36. The molecule has 1 N–H and O–H groups in total. The second kappa shape index (κ2) is 7.43. The van der Waals surface area contributed by atoms with Gasteiger partial charge in [0, 0.05) is 24.9 Å². The SMILES string of the molecule is CC(C)(CC(=O)N1CCC(F)C1)NCC(=O)N1C[C@@H](F)CC1C#N. The summed E-state index contributed by atoms with van der Waals surface area (Å²) in [6, 6.07) is 1.21. The minimum atomic E-state index is -1.17. The molecule has 24 heavy (non-hydrogen) atoms. The van der Waals surface area contributed by atoms with Crippen molar-refractivity contribution >= 4 is 11.8 Å². The van der Waals surface area contributed by atoms with E-state index >= 15 is 0 Å². The van der Waals surface area contributed by atoms with Gasteiger partial charge in [0.25, 0.3) is 0 Å². The molecule has 0 aromatic carbocycles. The molecule has 6 nitrogen and oxygen atoms in total. The van der Waals surface area contributed by atoms with E-state index in [0.29, 0.717) is 13.0 Å². The molecule has 2 rings (SSSR count). The average molecular weight is 342 g/mol. The van der Waals surface area contributed by atoms with Crippen LogP contribution in [0.5, 0.6) is 0 Å². The number of rotatable bonds is 5. The summed E-state index contributed by atoms with van der Waals surface area (Å²) in [6.07, 6.45) is -1.58. The maximum atomic E-state index is 13.4. The highest BCUT2D eigenvalue weighted by atomic mass is 19.1. The Labute approximate surface area is 140 Å². The second-order valence-electron chi connectivity index (χ2n) is 7.16. The summed E-state index contributed by atoms with van der Waals surface area (Å²) < 4.78 is 26.6. The van der Waals surface area contributed by atoms with E-state index < -0.39 is 23.9 Å². The van der Waals surface area contributed by atoms with E-state index in [-0.39, 0.29) is 44.3 Å². The lowest BCUT2D eigenvalue weighted by Gasteiger charge is -2.29. The highest BCUT2D eigenvalue weighted by molar-refractivity contribution is 5.80. The van der Waals surface area contributed by atoms with E-state index in [1.54, 1.807) is 13.8 Å². The van der Waals surface area contributed by atoms with Gasteiger partial charge in [-0.05, 0) is 20.3 Å². The normalized spacial score (nSPS) is 27.4.